The first-order valence-electron chi connectivity index (χ1n) is 13.2. The highest BCUT2D eigenvalue weighted by Gasteiger charge is 2.49. The van der Waals surface area contributed by atoms with Crippen LogP contribution in [0.1, 0.15) is 98.8 Å². The van der Waals surface area contributed by atoms with Gasteiger partial charge >= 0.3 is 7.12 Å². The first kappa shape index (κ1) is 29.6. The van der Waals surface area contributed by atoms with Crippen LogP contribution in [-0.4, -0.2) is 57.7 Å². The fraction of sp³-hybridized carbons (Fsp3) is 0.923. The van der Waals surface area contributed by atoms with Gasteiger partial charge in [-0.05, 0) is 56.2 Å². The Kier molecular flexibility index (Phi) is 13.7. The van der Waals surface area contributed by atoms with E-state index in [1.165, 1.54) is 31.3 Å². The smallest absolute Gasteiger partial charge is 0.427 e. The fourth-order valence-electron chi connectivity index (χ4n) is 5.81. The minimum atomic E-state index is -1.37. The maximum atomic E-state index is 10.2. The number of rotatable bonds is 17. The summed E-state index contributed by atoms with van der Waals surface area (Å²) in [5.74, 6) is 1.21. The number of aliphatic hydroxyl groups is 2. The minimum absolute atomic E-state index is 0.133. The summed E-state index contributed by atoms with van der Waals surface area (Å²) in [4.78, 5) is 2.49. The molecule has 0 aliphatic carbocycles. The molecule has 1 unspecified atom stereocenters. The summed E-state index contributed by atoms with van der Waals surface area (Å²) in [5.41, 5.74) is 0.796. The molecule has 4 N–H and O–H groups in total. The van der Waals surface area contributed by atoms with Gasteiger partial charge in [-0.3, -0.25) is 4.90 Å². The van der Waals surface area contributed by atoms with E-state index in [0.717, 1.165) is 38.6 Å². The first-order chi connectivity index (χ1) is 15.1. The largest absolute Gasteiger partial charge is 0.451 e. The molecule has 32 heavy (non-hydrogen) atoms. The lowest BCUT2D eigenvalue weighted by Gasteiger charge is -2.36. The van der Waals surface area contributed by atoms with Gasteiger partial charge in [-0.25, -0.2) is 0 Å². The highest BCUT2D eigenvalue weighted by molar-refractivity contribution is 6.40. The Morgan fingerprint density at radius 3 is 2.31 bits per heavy atom. The van der Waals surface area contributed by atoms with E-state index >= 15 is 0 Å². The van der Waals surface area contributed by atoms with Crippen molar-refractivity contribution in [2.75, 3.05) is 13.1 Å². The van der Waals surface area contributed by atoms with Gasteiger partial charge in [0.25, 0.3) is 0 Å². The predicted octanol–water partition coefficient (Wildman–Crippen LogP) is 4.85. The van der Waals surface area contributed by atoms with Crippen molar-refractivity contribution in [3.05, 3.63) is 12.2 Å². The van der Waals surface area contributed by atoms with Gasteiger partial charge in [0, 0.05) is 24.5 Å². The molecule has 0 aromatic carbocycles. The topological polar surface area (TPSA) is 84.2 Å². The van der Waals surface area contributed by atoms with Crippen molar-refractivity contribution in [3.63, 3.8) is 0 Å². The van der Waals surface area contributed by atoms with E-state index in [-0.39, 0.29) is 5.92 Å². The van der Waals surface area contributed by atoms with Crippen LogP contribution in [0.2, 0.25) is 6.32 Å². The number of aliphatic hydroxyl groups excluding tert-OH is 1. The second-order valence-electron chi connectivity index (χ2n) is 10.7. The molecular weight excluding hydrogens is 401 g/mol. The van der Waals surface area contributed by atoms with Crippen molar-refractivity contribution < 1.29 is 20.3 Å². The van der Waals surface area contributed by atoms with Crippen molar-refractivity contribution in [1.82, 2.24) is 4.90 Å². The van der Waals surface area contributed by atoms with Gasteiger partial charge in [0.15, 0.2) is 6.29 Å². The molecule has 5 atom stereocenters. The molecule has 188 valence electrons. The summed E-state index contributed by atoms with van der Waals surface area (Å²) in [6.45, 7) is 17.1. The Hall–Kier alpha value is -0.395. The SMILES string of the molecule is C=C(C[C@@H](C)[C@H](CCC)N1CC(CCCB(O)O)[C@](C)(C(O)O)C1)[C@@H](CC)CCCCC. The van der Waals surface area contributed by atoms with Gasteiger partial charge in [0.1, 0.15) is 0 Å². The van der Waals surface area contributed by atoms with E-state index < -0.39 is 18.8 Å². The van der Waals surface area contributed by atoms with Gasteiger partial charge in [0.05, 0.1) is 0 Å². The van der Waals surface area contributed by atoms with Crippen molar-refractivity contribution in [2.45, 2.75) is 117 Å². The highest BCUT2D eigenvalue weighted by atomic mass is 16.5. The third-order valence-electron chi connectivity index (χ3n) is 8.06. The maximum absolute atomic E-state index is 10.2. The zero-order chi connectivity index (χ0) is 24.3. The third-order valence-corrected chi connectivity index (χ3v) is 8.06. The lowest BCUT2D eigenvalue weighted by atomic mass is 9.74. The van der Waals surface area contributed by atoms with Crippen LogP contribution in [0.25, 0.3) is 0 Å². The summed E-state index contributed by atoms with van der Waals surface area (Å²) in [6.07, 6.45) is 9.88. The van der Waals surface area contributed by atoms with Gasteiger partial charge in [-0.15, -0.1) is 0 Å². The normalized spacial score (nSPS) is 24.6. The number of likely N-dealkylation sites (tertiary alicyclic amines) is 1. The van der Waals surface area contributed by atoms with Gasteiger partial charge in [-0.2, -0.15) is 0 Å². The fourth-order valence-corrected chi connectivity index (χ4v) is 5.81. The molecule has 1 heterocycles. The van der Waals surface area contributed by atoms with Crippen LogP contribution in [-0.2, 0) is 0 Å². The molecule has 0 saturated carbocycles. The Labute approximate surface area is 198 Å². The number of unbranched alkanes of at least 4 members (excludes halogenated alkanes) is 2. The third kappa shape index (κ3) is 8.75. The van der Waals surface area contributed by atoms with Crippen LogP contribution in [0.5, 0.6) is 0 Å². The van der Waals surface area contributed by atoms with E-state index in [1.807, 2.05) is 6.92 Å². The summed E-state index contributed by atoms with van der Waals surface area (Å²) in [7, 11) is -1.29. The number of allylic oxidation sites excluding steroid dienone is 1. The van der Waals surface area contributed by atoms with Gasteiger partial charge < -0.3 is 20.3 Å². The number of hydrogen-bond acceptors (Lipinski definition) is 5. The molecule has 1 rings (SSSR count). The maximum Gasteiger partial charge on any atom is 0.451 e. The molecule has 1 fully saturated rings. The van der Waals surface area contributed by atoms with Crippen molar-refractivity contribution in [1.29, 1.82) is 0 Å². The van der Waals surface area contributed by atoms with Crippen LogP contribution in [0.15, 0.2) is 12.2 Å². The molecule has 0 aromatic heterocycles. The summed E-state index contributed by atoms with van der Waals surface area (Å²) >= 11 is 0. The predicted molar refractivity (Wildman–Crippen MR) is 135 cm³/mol. The molecule has 0 amide bonds. The van der Waals surface area contributed by atoms with Crippen LogP contribution in [0.3, 0.4) is 0 Å². The lowest BCUT2D eigenvalue weighted by molar-refractivity contribution is -0.140. The number of nitrogens with zero attached hydrogens (tertiary/aromatic N) is 1. The van der Waals surface area contributed by atoms with Crippen LogP contribution in [0.4, 0.5) is 0 Å². The summed E-state index contributed by atoms with van der Waals surface area (Å²) in [6, 6.07) is 0.399. The van der Waals surface area contributed by atoms with E-state index in [1.54, 1.807) is 0 Å². The average molecular weight is 454 g/mol. The Bertz CT molecular complexity index is 530. The van der Waals surface area contributed by atoms with E-state index in [4.69, 9.17) is 0 Å². The molecular formula is C26H52BNO4. The summed E-state index contributed by atoms with van der Waals surface area (Å²) < 4.78 is 0. The van der Waals surface area contributed by atoms with Gasteiger partial charge in [0.2, 0.25) is 0 Å². The molecule has 6 heteroatoms. The Balaban J connectivity index is 2.86. The monoisotopic (exact) mass is 453 g/mol. The zero-order valence-corrected chi connectivity index (χ0v) is 21.6. The van der Waals surface area contributed by atoms with E-state index in [0.29, 0.717) is 37.2 Å². The lowest BCUT2D eigenvalue weighted by Crippen LogP contribution is -2.42. The van der Waals surface area contributed by atoms with Crippen LogP contribution < -0.4 is 0 Å². The molecule has 1 saturated heterocycles. The molecule has 0 bridgehead atoms. The molecule has 5 nitrogen and oxygen atoms in total. The van der Waals surface area contributed by atoms with Crippen molar-refractivity contribution in [3.8, 4) is 0 Å². The molecule has 0 aromatic rings. The highest BCUT2D eigenvalue weighted by Crippen LogP contribution is 2.43. The molecule has 1 aliphatic rings. The summed E-state index contributed by atoms with van der Waals surface area (Å²) in [5, 5.41) is 38.9. The van der Waals surface area contributed by atoms with E-state index in [2.05, 4.69) is 39.2 Å². The number of hydrogen-bond donors (Lipinski definition) is 4. The van der Waals surface area contributed by atoms with Crippen LogP contribution >= 0.6 is 0 Å². The average Bonchev–Trinajstić information content (AvgIpc) is 3.06. The van der Waals surface area contributed by atoms with Gasteiger partial charge in [-0.1, -0.05) is 78.9 Å². The van der Waals surface area contributed by atoms with Crippen molar-refractivity contribution >= 4 is 7.12 Å². The van der Waals surface area contributed by atoms with Crippen molar-refractivity contribution in [2.24, 2.45) is 23.2 Å². The Morgan fingerprint density at radius 1 is 1.09 bits per heavy atom. The second kappa shape index (κ2) is 14.8. The molecule has 0 spiro atoms. The van der Waals surface area contributed by atoms with Crippen LogP contribution in [0, 0.1) is 23.2 Å². The minimum Gasteiger partial charge on any atom is -0.427 e. The second-order valence-corrected chi connectivity index (χ2v) is 10.7. The van der Waals surface area contributed by atoms with E-state index in [9.17, 15) is 20.3 Å². The molecule has 1 aliphatic heterocycles. The molecule has 0 radical (unpaired) electrons. The quantitative estimate of drug-likeness (QED) is 0.110. The first-order valence-corrected chi connectivity index (χ1v) is 13.2. The Morgan fingerprint density at radius 2 is 1.78 bits per heavy atom. The zero-order valence-electron chi connectivity index (χ0n) is 21.6. The standard InChI is InChI=1S/C26H52BNO4/c1-7-10-11-14-22(9-3)20(4)17-21(5)24(13-8-2)28-18-23(15-12-16-27(31)32)26(6,19-28)25(29)30/h21-25,29-32H,4,7-19H2,1-3,5-6H3/t21-,22+,23?,24+,26-/m1/s1.